The summed E-state index contributed by atoms with van der Waals surface area (Å²) in [5.41, 5.74) is 0.334. The summed E-state index contributed by atoms with van der Waals surface area (Å²) in [6, 6.07) is 0. The molecule has 1 saturated heterocycles. The maximum atomic E-state index is 4.76. The Labute approximate surface area is 129 Å². The van der Waals surface area contributed by atoms with Gasteiger partial charge in [0.25, 0.3) is 0 Å². The van der Waals surface area contributed by atoms with Crippen LogP contribution >= 0.6 is 38.6 Å². The number of rotatable bonds is 3. The summed E-state index contributed by atoms with van der Waals surface area (Å²) in [7, 11) is 7.81. The van der Waals surface area contributed by atoms with Gasteiger partial charge in [0, 0.05) is 40.3 Å². The summed E-state index contributed by atoms with van der Waals surface area (Å²) < 4.78 is 0. The Bertz CT molecular complexity index is 280. The Morgan fingerprint density at radius 1 is 1.28 bits per heavy atom. The molecular formula is C11H23BrN4S2. The van der Waals surface area contributed by atoms with Crippen LogP contribution in [0.15, 0.2) is 4.99 Å². The molecule has 0 radical (unpaired) electrons. The van der Waals surface area contributed by atoms with E-state index in [4.69, 9.17) is 4.99 Å². The van der Waals surface area contributed by atoms with Crippen molar-refractivity contribution in [1.82, 2.24) is 14.7 Å². The number of piperazine rings is 1. The Morgan fingerprint density at radius 2 is 1.94 bits per heavy atom. The molecular weight excluding hydrogens is 332 g/mol. The van der Waals surface area contributed by atoms with E-state index in [9.17, 15) is 0 Å². The molecule has 1 atom stereocenters. The second-order valence-corrected chi connectivity index (χ2v) is 6.91. The van der Waals surface area contributed by atoms with Gasteiger partial charge < -0.3 is 9.80 Å². The van der Waals surface area contributed by atoms with Crippen molar-refractivity contribution in [2.75, 3.05) is 46.8 Å². The minimum absolute atomic E-state index is 0. The summed E-state index contributed by atoms with van der Waals surface area (Å²) in [6.45, 7) is 8.20. The summed E-state index contributed by atoms with van der Waals surface area (Å²) in [5.74, 6) is 0. The van der Waals surface area contributed by atoms with Gasteiger partial charge in [-0.05, 0) is 34.6 Å². The number of aliphatic imine (C=N–C) groups is 1. The third kappa shape index (κ3) is 4.30. The molecule has 0 bridgehead atoms. The van der Waals surface area contributed by atoms with Crippen LogP contribution in [-0.4, -0.2) is 72.2 Å². The van der Waals surface area contributed by atoms with Gasteiger partial charge in [-0.2, -0.15) is 0 Å². The quantitative estimate of drug-likeness (QED) is 0.722. The molecule has 1 fully saturated rings. The van der Waals surface area contributed by atoms with Crippen molar-refractivity contribution >= 4 is 43.7 Å². The summed E-state index contributed by atoms with van der Waals surface area (Å²) in [4.78, 5) is 11.9. The van der Waals surface area contributed by atoms with Crippen molar-refractivity contribution in [3.8, 4) is 0 Å². The van der Waals surface area contributed by atoms with E-state index >= 15 is 0 Å². The largest absolute Gasteiger partial charge is 0.357 e. The predicted octanol–water partition coefficient (Wildman–Crippen LogP) is 2.19. The molecule has 0 N–H and O–H groups in total. The highest BCUT2D eigenvalue weighted by atomic mass is 79.9. The molecule has 0 spiro atoms. The molecule has 1 unspecified atom stereocenters. The van der Waals surface area contributed by atoms with Gasteiger partial charge in [0.15, 0.2) is 10.7 Å². The molecule has 0 aromatic heterocycles. The molecule has 2 rings (SSSR count). The van der Waals surface area contributed by atoms with Crippen molar-refractivity contribution in [1.29, 1.82) is 0 Å². The smallest absolute Gasteiger partial charge is 0.172 e. The molecule has 7 heteroatoms. The average molecular weight is 355 g/mol. The van der Waals surface area contributed by atoms with Gasteiger partial charge in [-0.15, -0.1) is 17.0 Å². The fourth-order valence-electron chi connectivity index (χ4n) is 2.08. The number of hydrogen-bond donors (Lipinski definition) is 0. The Kier molecular flexibility index (Phi) is 7.38. The lowest BCUT2D eigenvalue weighted by Gasteiger charge is -2.35. The van der Waals surface area contributed by atoms with E-state index in [0.29, 0.717) is 5.50 Å². The van der Waals surface area contributed by atoms with Gasteiger partial charge in [-0.25, -0.2) is 4.99 Å². The predicted molar refractivity (Wildman–Crippen MR) is 88.7 cm³/mol. The molecule has 4 nitrogen and oxygen atoms in total. The summed E-state index contributed by atoms with van der Waals surface area (Å²) in [6.07, 6.45) is 1.26. The van der Waals surface area contributed by atoms with Crippen LogP contribution in [0, 0.1) is 0 Å². The zero-order valence-electron chi connectivity index (χ0n) is 11.3. The van der Waals surface area contributed by atoms with Crippen LogP contribution in [0.4, 0.5) is 0 Å². The normalized spacial score (nSPS) is 25.7. The molecule has 106 valence electrons. The molecule has 0 saturated carbocycles. The van der Waals surface area contributed by atoms with Crippen molar-refractivity contribution in [3.63, 3.8) is 0 Å². The first kappa shape index (κ1) is 16.6. The van der Waals surface area contributed by atoms with Crippen molar-refractivity contribution in [2.24, 2.45) is 4.99 Å². The average Bonchev–Trinajstić information content (AvgIpc) is 2.80. The van der Waals surface area contributed by atoms with Crippen molar-refractivity contribution < 1.29 is 0 Å². The summed E-state index contributed by atoms with van der Waals surface area (Å²) >= 11 is 0. The highest BCUT2D eigenvalue weighted by molar-refractivity contribution is 8.93. The van der Waals surface area contributed by atoms with E-state index in [0.717, 1.165) is 18.3 Å². The number of halogens is 1. The molecule has 0 aromatic rings. The van der Waals surface area contributed by atoms with Gasteiger partial charge in [-0.3, -0.25) is 4.90 Å². The second kappa shape index (κ2) is 7.99. The molecule has 2 heterocycles. The molecule has 0 amide bonds. The van der Waals surface area contributed by atoms with Gasteiger partial charge in [0.05, 0.1) is 0 Å². The van der Waals surface area contributed by atoms with Crippen LogP contribution < -0.4 is 0 Å². The van der Waals surface area contributed by atoms with Crippen LogP contribution in [0.3, 0.4) is 0 Å². The van der Waals surface area contributed by atoms with Crippen LogP contribution in [0.1, 0.15) is 13.3 Å². The van der Waals surface area contributed by atoms with E-state index < -0.39 is 0 Å². The minimum atomic E-state index is 0. The third-order valence-corrected chi connectivity index (χ3v) is 5.62. The lowest BCUT2D eigenvalue weighted by molar-refractivity contribution is 0.126. The van der Waals surface area contributed by atoms with Crippen molar-refractivity contribution in [2.45, 2.75) is 18.8 Å². The monoisotopic (exact) mass is 354 g/mol. The van der Waals surface area contributed by atoms with Crippen LogP contribution in [0.5, 0.6) is 0 Å². The standard InChI is InChI=1S/C11H22N4S2.BrH/c1-4-5-14-6-8-15(9-7-14)11-12-10(13(2)3)16-17-11;/h11H,4-9H2,1-3H3;1H. The molecule has 2 aliphatic rings. The van der Waals surface area contributed by atoms with Gasteiger partial charge in [-0.1, -0.05) is 6.92 Å². The Morgan fingerprint density at radius 3 is 2.44 bits per heavy atom. The second-order valence-electron chi connectivity index (χ2n) is 4.69. The molecule has 0 aliphatic carbocycles. The van der Waals surface area contributed by atoms with E-state index in [1.54, 1.807) is 10.8 Å². The topological polar surface area (TPSA) is 22.1 Å². The van der Waals surface area contributed by atoms with E-state index in [1.807, 2.05) is 10.8 Å². The SMILES string of the molecule is Br.CCCN1CCN(C2N=C(N(C)C)SS2)CC1. The lowest BCUT2D eigenvalue weighted by atomic mass is 10.3. The summed E-state index contributed by atoms with van der Waals surface area (Å²) in [5, 5.41) is 1.15. The number of hydrogen-bond acceptors (Lipinski definition) is 6. The highest BCUT2D eigenvalue weighted by Crippen LogP contribution is 2.38. The number of nitrogens with zero attached hydrogens (tertiary/aromatic N) is 4. The molecule has 2 aliphatic heterocycles. The fraction of sp³-hybridized carbons (Fsp3) is 0.909. The maximum absolute atomic E-state index is 4.76. The highest BCUT2D eigenvalue weighted by Gasteiger charge is 2.28. The molecule has 0 aromatic carbocycles. The van der Waals surface area contributed by atoms with Crippen LogP contribution in [0.2, 0.25) is 0 Å². The fourth-order valence-corrected chi connectivity index (χ4v) is 4.67. The van der Waals surface area contributed by atoms with E-state index in [1.165, 1.54) is 26.1 Å². The van der Waals surface area contributed by atoms with Gasteiger partial charge in [0.1, 0.15) is 0 Å². The zero-order chi connectivity index (χ0) is 12.3. The Hall–Kier alpha value is 0.570. The number of amidine groups is 1. The third-order valence-electron chi connectivity index (χ3n) is 3.07. The van der Waals surface area contributed by atoms with E-state index in [-0.39, 0.29) is 17.0 Å². The van der Waals surface area contributed by atoms with E-state index in [2.05, 4.69) is 35.7 Å². The zero-order valence-corrected chi connectivity index (χ0v) is 14.7. The maximum Gasteiger partial charge on any atom is 0.172 e. The van der Waals surface area contributed by atoms with Crippen molar-refractivity contribution in [3.05, 3.63) is 0 Å². The lowest BCUT2D eigenvalue weighted by Crippen LogP contribution is -2.48. The Balaban J connectivity index is 0.00000162. The van der Waals surface area contributed by atoms with Gasteiger partial charge >= 0.3 is 0 Å². The van der Waals surface area contributed by atoms with Crippen LogP contribution in [0.25, 0.3) is 0 Å². The first-order valence-electron chi connectivity index (χ1n) is 6.25. The minimum Gasteiger partial charge on any atom is -0.357 e. The van der Waals surface area contributed by atoms with Gasteiger partial charge in [0.2, 0.25) is 0 Å². The molecule has 18 heavy (non-hydrogen) atoms. The van der Waals surface area contributed by atoms with Crippen LogP contribution in [-0.2, 0) is 0 Å². The first-order chi connectivity index (χ1) is 8.20. The first-order valence-corrected chi connectivity index (χ1v) is 8.47.